The summed E-state index contributed by atoms with van der Waals surface area (Å²) in [5.74, 6) is -1.76. The van der Waals surface area contributed by atoms with Crippen molar-refractivity contribution in [2.24, 2.45) is 7.05 Å². The molecule has 6 rings (SSSR count). The van der Waals surface area contributed by atoms with Crippen molar-refractivity contribution in [3.8, 4) is 11.4 Å². The van der Waals surface area contributed by atoms with E-state index in [0.29, 0.717) is 28.1 Å². The molecule has 0 unspecified atom stereocenters. The number of hydrogen-bond acceptors (Lipinski definition) is 9. The summed E-state index contributed by atoms with van der Waals surface area (Å²) in [5, 5.41) is 13.4. The molecular weight excluding hydrogens is 520 g/mol. The molecule has 6 aromatic rings. The topological polar surface area (TPSA) is 182 Å². The molecule has 14 nitrogen and oxygen atoms in total. The van der Waals surface area contributed by atoms with Gasteiger partial charge in [0.25, 0.3) is 11.8 Å². The van der Waals surface area contributed by atoms with Crippen molar-refractivity contribution in [2.45, 2.75) is 13.1 Å². The fraction of sp³-hybridized carbons (Fsp3) is 0.115. The Hall–Kier alpha value is -5.79. The highest BCUT2D eigenvalue weighted by Crippen LogP contribution is 2.16. The molecule has 14 heteroatoms. The van der Waals surface area contributed by atoms with Crippen LogP contribution < -0.4 is 22.1 Å². The molecule has 2 aromatic carbocycles. The number of aromatic nitrogens is 6. The molecule has 4 heterocycles. The van der Waals surface area contributed by atoms with Gasteiger partial charge in [-0.25, -0.2) is 19.1 Å². The molecule has 40 heavy (non-hydrogen) atoms. The Morgan fingerprint density at radius 3 is 2.48 bits per heavy atom. The number of fused-ring (bicyclic) bond motifs is 2. The van der Waals surface area contributed by atoms with E-state index < -0.39 is 23.3 Å². The first kappa shape index (κ1) is 24.5. The lowest BCUT2D eigenvalue weighted by Crippen LogP contribution is -2.28. The van der Waals surface area contributed by atoms with E-state index in [4.69, 9.17) is 4.42 Å². The van der Waals surface area contributed by atoms with Crippen LogP contribution in [0, 0.1) is 0 Å². The number of benzene rings is 2. The van der Waals surface area contributed by atoms with Gasteiger partial charge >= 0.3 is 11.5 Å². The third-order valence-electron chi connectivity index (χ3n) is 6.25. The number of oxazole rings is 1. The van der Waals surface area contributed by atoms with Crippen LogP contribution in [0.1, 0.15) is 32.1 Å². The van der Waals surface area contributed by atoms with Gasteiger partial charge in [0.05, 0.1) is 11.7 Å². The molecule has 0 saturated heterocycles. The Kier molecular flexibility index (Phi) is 6.03. The van der Waals surface area contributed by atoms with Gasteiger partial charge in [0.2, 0.25) is 0 Å². The van der Waals surface area contributed by atoms with Gasteiger partial charge in [0.1, 0.15) is 11.4 Å². The van der Waals surface area contributed by atoms with Crippen LogP contribution in [0.25, 0.3) is 28.1 Å². The summed E-state index contributed by atoms with van der Waals surface area (Å²) < 4.78 is 12.4. The SMILES string of the molecule is Cn1c(=O)oc2ccc(CNC(=O)c3cc(C(=O)NCc4ccc(-c5noc(=O)[nH]5)cc4)n4nccc4n3)cc21. The molecule has 0 aliphatic heterocycles. The van der Waals surface area contributed by atoms with Crippen LogP contribution in [0.4, 0.5) is 0 Å². The molecule has 200 valence electrons. The average molecular weight is 540 g/mol. The second kappa shape index (κ2) is 9.83. The van der Waals surface area contributed by atoms with Gasteiger partial charge in [0.15, 0.2) is 17.1 Å². The van der Waals surface area contributed by atoms with Crippen LogP contribution >= 0.6 is 0 Å². The van der Waals surface area contributed by atoms with E-state index in [1.807, 2.05) is 0 Å². The second-order valence-corrected chi connectivity index (χ2v) is 8.86. The van der Waals surface area contributed by atoms with Crippen LogP contribution in [-0.2, 0) is 20.1 Å². The van der Waals surface area contributed by atoms with Crippen molar-refractivity contribution in [3.05, 3.63) is 104 Å². The minimum atomic E-state index is -0.648. The Morgan fingerprint density at radius 2 is 1.70 bits per heavy atom. The van der Waals surface area contributed by atoms with E-state index in [1.54, 1.807) is 55.6 Å². The fourth-order valence-electron chi connectivity index (χ4n) is 4.15. The highest BCUT2D eigenvalue weighted by atomic mass is 16.5. The van der Waals surface area contributed by atoms with Crippen molar-refractivity contribution < 1.29 is 18.5 Å². The van der Waals surface area contributed by atoms with E-state index in [9.17, 15) is 19.2 Å². The van der Waals surface area contributed by atoms with Crippen molar-refractivity contribution in [2.75, 3.05) is 0 Å². The zero-order chi connectivity index (χ0) is 27.8. The van der Waals surface area contributed by atoms with Gasteiger partial charge < -0.3 is 15.1 Å². The standard InChI is InChI=1S/C26H20N8O6/c1-33-18-10-15(4-7-20(18)39-26(33)38)13-27-23(35)17-11-19(34-21(30-17)8-9-29-34)24(36)28-12-14-2-5-16(6-3-14)22-31-25(37)40-32-22/h2-11H,12-13H2,1H3,(H,27,35)(H,28,36)(H,31,32,37). The number of aromatic amines is 1. The molecule has 0 radical (unpaired) electrons. The molecular formula is C26H20N8O6. The molecule has 0 bridgehead atoms. The first-order valence-electron chi connectivity index (χ1n) is 12.0. The maximum atomic E-state index is 13.1. The van der Waals surface area contributed by atoms with E-state index >= 15 is 0 Å². The number of H-pyrrole nitrogens is 1. The summed E-state index contributed by atoms with van der Waals surface area (Å²) in [6.45, 7) is 0.361. The lowest BCUT2D eigenvalue weighted by molar-refractivity contribution is 0.0942. The summed E-state index contributed by atoms with van der Waals surface area (Å²) >= 11 is 0. The third kappa shape index (κ3) is 4.64. The number of rotatable bonds is 7. The summed E-state index contributed by atoms with van der Waals surface area (Å²) in [6, 6.07) is 15.2. The molecule has 4 aromatic heterocycles. The van der Waals surface area contributed by atoms with Crippen LogP contribution in [0.5, 0.6) is 0 Å². The zero-order valence-corrected chi connectivity index (χ0v) is 20.9. The van der Waals surface area contributed by atoms with Crippen molar-refractivity contribution >= 4 is 28.6 Å². The molecule has 0 atom stereocenters. The summed E-state index contributed by atoms with van der Waals surface area (Å²) in [5.41, 5.74) is 3.76. The van der Waals surface area contributed by atoms with Crippen molar-refractivity contribution in [1.29, 1.82) is 0 Å². The normalized spacial score (nSPS) is 11.2. The van der Waals surface area contributed by atoms with Gasteiger partial charge in [-0.1, -0.05) is 35.5 Å². The number of hydrogen-bond donors (Lipinski definition) is 3. The smallest absolute Gasteiger partial charge is 0.408 e. The Bertz CT molecular complexity index is 2010. The molecule has 0 saturated carbocycles. The van der Waals surface area contributed by atoms with Crippen LogP contribution in [0.15, 0.2) is 79.3 Å². The zero-order valence-electron chi connectivity index (χ0n) is 20.9. The van der Waals surface area contributed by atoms with E-state index in [2.05, 4.69) is 35.4 Å². The lowest BCUT2D eigenvalue weighted by atomic mass is 10.1. The highest BCUT2D eigenvalue weighted by molar-refractivity contribution is 5.98. The minimum absolute atomic E-state index is 0.0425. The number of amides is 2. The largest absolute Gasteiger partial charge is 0.439 e. The minimum Gasteiger partial charge on any atom is -0.408 e. The molecule has 0 fully saturated rings. The first-order chi connectivity index (χ1) is 19.4. The first-order valence-corrected chi connectivity index (χ1v) is 12.0. The van der Waals surface area contributed by atoms with Gasteiger partial charge in [-0.2, -0.15) is 5.10 Å². The summed E-state index contributed by atoms with van der Waals surface area (Å²) in [4.78, 5) is 55.8. The number of aryl methyl sites for hydroxylation is 1. The van der Waals surface area contributed by atoms with E-state index in [-0.39, 0.29) is 24.5 Å². The van der Waals surface area contributed by atoms with Gasteiger partial charge in [0, 0.05) is 37.8 Å². The van der Waals surface area contributed by atoms with Crippen LogP contribution in [0.2, 0.25) is 0 Å². The number of nitrogens with one attached hydrogen (secondary N) is 3. The van der Waals surface area contributed by atoms with E-state index in [1.165, 1.54) is 21.3 Å². The molecule has 0 aliphatic rings. The van der Waals surface area contributed by atoms with Crippen molar-refractivity contribution in [1.82, 2.24) is 39.9 Å². The Balaban J connectivity index is 1.16. The quantitative estimate of drug-likeness (QED) is 0.269. The molecule has 3 N–H and O–H groups in total. The molecule has 2 amide bonds. The van der Waals surface area contributed by atoms with Gasteiger partial charge in [-0.3, -0.25) is 23.7 Å². The Labute approximate surface area is 223 Å². The lowest BCUT2D eigenvalue weighted by Gasteiger charge is -2.10. The second-order valence-electron chi connectivity index (χ2n) is 8.86. The van der Waals surface area contributed by atoms with E-state index in [0.717, 1.165) is 11.1 Å². The van der Waals surface area contributed by atoms with Gasteiger partial charge in [-0.05, 0) is 23.3 Å². The predicted molar refractivity (Wildman–Crippen MR) is 139 cm³/mol. The monoisotopic (exact) mass is 540 g/mol. The third-order valence-corrected chi connectivity index (χ3v) is 6.25. The van der Waals surface area contributed by atoms with Crippen molar-refractivity contribution in [3.63, 3.8) is 0 Å². The highest BCUT2D eigenvalue weighted by Gasteiger charge is 2.18. The molecule has 0 aliphatic carbocycles. The number of nitrogens with zero attached hydrogens (tertiary/aromatic N) is 5. The van der Waals surface area contributed by atoms with Gasteiger partial charge in [-0.15, -0.1) is 0 Å². The van der Waals surface area contributed by atoms with Crippen LogP contribution in [-0.4, -0.2) is 41.1 Å². The number of carbonyl (C=O) groups is 2. The summed E-state index contributed by atoms with van der Waals surface area (Å²) in [7, 11) is 1.60. The number of carbonyl (C=O) groups excluding carboxylic acids is 2. The fourth-order valence-corrected chi connectivity index (χ4v) is 4.15. The average Bonchev–Trinajstić information content (AvgIpc) is 3.69. The predicted octanol–water partition coefficient (Wildman–Crippen LogP) is 1.38. The maximum absolute atomic E-state index is 13.1. The Morgan fingerprint density at radius 1 is 0.950 bits per heavy atom. The van der Waals surface area contributed by atoms with Crippen LogP contribution in [0.3, 0.4) is 0 Å². The molecule has 0 spiro atoms. The maximum Gasteiger partial charge on any atom is 0.439 e. The summed E-state index contributed by atoms with van der Waals surface area (Å²) in [6.07, 6.45) is 1.48.